The lowest BCUT2D eigenvalue weighted by Crippen LogP contribution is -2.30. The van der Waals surface area contributed by atoms with Gasteiger partial charge in [-0.05, 0) is 42.9 Å². The Balaban J connectivity index is 1.90. The predicted octanol–water partition coefficient (Wildman–Crippen LogP) is 2.31. The van der Waals surface area contributed by atoms with E-state index in [-0.39, 0.29) is 5.91 Å². The van der Waals surface area contributed by atoms with Gasteiger partial charge in [0.25, 0.3) is 5.91 Å². The summed E-state index contributed by atoms with van der Waals surface area (Å²) in [5, 5.41) is 3.48. The maximum absolute atomic E-state index is 12.2. The van der Waals surface area contributed by atoms with Gasteiger partial charge in [-0.15, -0.1) is 11.8 Å². The smallest absolute Gasteiger partial charge is 0.276 e. The molecule has 1 amide bonds. The summed E-state index contributed by atoms with van der Waals surface area (Å²) in [6.45, 7) is 3.57. The van der Waals surface area contributed by atoms with Crippen LogP contribution in [0.1, 0.15) is 12.5 Å². The second kappa shape index (κ2) is 5.69. The summed E-state index contributed by atoms with van der Waals surface area (Å²) in [5.74, 6) is 1.04. The molecule has 0 spiro atoms. The van der Waals surface area contributed by atoms with E-state index < -0.39 is 0 Å². The van der Waals surface area contributed by atoms with Crippen molar-refractivity contribution < 1.29 is 4.79 Å². The molecule has 1 fully saturated rings. The van der Waals surface area contributed by atoms with Crippen LogP contribution < -0.4 is 10.2 Å². The molecule has 0 aromatic heterocycles. The van der Waals surface area contributed by atoms with Gasteiger partial charge in [0.15, 0.2) is 5.11 Å². The molecular weight excluding hydrogens is 302 g/mol. The Morgan fingerprint density at radius 1 is 1.48 bits per heavy atom. The molecule has 2 aliphatic rings. The highest BCUT2D eigenvalue weighted by Gasteiger charge is 2.29. The van der Waals surface area contributed by atoms with Crippen molar-refractivity contribution in [2.24, 2.45) is 0 Å². The van der Waals surface area contributed by atoms with Gasteiger partial charge in [-0.3, -0.25) is 9.69 Å². The maximum Gasteiger partial charge on any atom is 0.276 e. The highest BCUT2D eigenvalue weighted by Crippen LogP contribution is 2.35. The normalized spacial score (nSPS) is 20.0. The Morgan fingerprint density at radius 2 is 2.29 bits per heavy atom. The van der Waals surface area contributed by atoms with E-state index in [0.717, 1.165) is 17.9 Å². The second-order valence-electron chi connectivity index (χ2n) is 5.03. The molecule has 1 N–H and O–H groups in total. The van der Waals surface area contributed by atoms with Gasteiger partial charge < -0.3 is 10.2 Å². The first-order valence-electron chi connectivity index (χ1n) is 6.92. The number of carbonyl (C=O) groups excluding carboxylic acids is 1. The van der Waals surface area contributed by atoms with Crippen molar-refractivity contribution in [2.75, 3.05) is 30.8 Å². The molecule has 0 saturated carbocycles. The molecule has 21 heavy (non-hydrogen) atoms. The van der Waals surface area contributed by atoms with Crippen molar-refractivity contribution in [3.8, 4) is 0 Å². The quantitative estimate of drug-likeness (QED) is 0.668. The predicted molar refractivity (Wildman–Crippen MR) is 91.5 cm³/mol. The number of nitrogens with one attached hydrogen (secondary N) is 1. The minimum atomic E-state index is -0.0509. The van der Waals surface area contributed by atoms with Gasteiger partial charge in [-0.1, -0.05) is 6.07 Å². The maximum atomic E-state index is 12.2. The lowest BCUT2D eigenvalue weighted by atomic mass is 10.1. The van der Waals surface area contributed by atoms with E-state index in [0.29, 0.717) is 17.4 Å². The number of hydrogen-bond acceptors (Lipinski definition) is 4. The lowest BCUT2D eigenvalue weighted by Gasteiger charge is -2.27. The fourth-order valence-corrected chi connectivity index (χ4v) is 3.99. The molecule has 1 saturated heterocycles. The average Bonchev–Trinajstić information content (AvgIpc) is 2.73. The number of anilines is 1. The molecule has 1 aromatic carbocycles. The zero-order valence-corrected chi connectivity index (χ0v) is 13.7. The van der Waals surface area contributed by atoms with Crippen LogP contribution in [0.5, 0.6) is 0 Å². The fourth-order valence-electron chi connectivity index (χ4n) is 2.49. The number of amides is 1. The second-order valence-corrected chi connectivity index (χ2v) is 6.56. The van der Waals surface area contributed by atoms with E-state index in [9.17, 15) is 4.79 Å². The standard InChI is InChI=1S/C15H17N3OS2/c1-3-18-14(19)11(16-15(18)20)8-10-4-5-12-13(9-10)21-7-6-17(12)2/h4-5,8-9H,3,6-7H2,1-2H3,(H,16,20)/b11-8-. The van der Waals surface area contributed by atoms with Crippen molar-refractivity contribution in [3.05, 3.63) is 29.5 Å². The van der Waals surface area contributed by atoms with Crippen molar-refractivity contribution in [3.63, 3.8) is 0 Å². The zero-order chi connectivity index (χ0) is 15.0. The van der Waals surface area contributed by atoms with Crippen molar-refractivity contribution in [1.82, 2.24) is 10.2 Å². The van der Waals surface area contributed by atoms with Crippen LogP contribution in [0, 0.1) is 0 Å². The third-order valence-electron chi connectivity index (χ3n) is 3.67. The lowest BCUT2D eigenvalue weighted by molar-refractivity contribution is -0.122. The van der Waals surface area contributed by atoms with E-state index >= 15 is 0 Å². The minimum absolute atomic E-state index is 0.0509. The van der Waals surface area contributed by atoms with Crippen molar-refractivity contribution >= 4 is 46.8 Å². The Hall–Kier alpha value is -1.53. The Bertz CT molecular complexity index is 642. The molecule has 0 radical (unpaired) electrons. The van der Waals surface area contributed by atoms with Gasteiger partial charge in [-0.2, -0.15) is 0 Å². The number of benzene rings is 1. The van der Waals surface area contributed by atoms with Gasteiger partial charge in [0.05, 0.1) is 5.69 Å². The minimum Gasteiger partial charge on any atom is -0.373 e. The summed E-state index contributed by atoms with van der Waals surface area (Å²) in [4.78, 5) is 17.3. The molecule has 0 atom stereocenters. The van der Waals surface area contributed by atoms with E-state index in [1.807, 2.05) is 30.8 Å². The van der Waals surface area contributed by atoms with Gasteiger partial charge in [0.1, 0.15) is 5.70 Å². The van der Waals surface area contributed by atoms with Crippen LogP contribution in [0.25, 0.3) is 6.08 Å². The summed E-state index contributed by atoms with van der Waals surface area (Å²) in [6.07, 6.45) is 1.87. The average molecular weight is 319 g/mol. The third kappa shape index (κ3) is 2.65. The molecule has 0 unspecified atom stereocenters. The topological polar surface area (TPSA) is 35.6 Å². The first-order chi connectivity index (χ1) is 10.1. The molecule has 4 nitrogen and oxygen atoms in total. The molecule has 2 aliphatic heterocycles. The van der Waals surface area contributed by atoms with Crippen LogP contribution in [0.3, 0.4) is 0 Å². The first-order valence-corrected chi connectivity index (χ1v) is 8.32. The van der Waals surface area contributed by atoms with Crippen LogP contribution in [0.15, 0.2) is 28.8 Å². The Labute approximate surface area is 134 Å². The van der Waals surface area contributed by atoms with Crippen LogP contribution in [-0.4, -0.2) is 41.8 Å². The van der Waals surface area contributed by atoms with Gasteiger partial charge in [-0.25, -0.2) is 0 Å². The molecule has 6 heteroatoms. The Kier molecular flexibility index (Phi) is 3.91. The number of fused-ring (bicyclic) bond motifs is 1. The summed E-state index contributed by atoms with van der Waals surface area (Å²) in [6, 6.07) is 6.29. The molecular formula is C15H17N3OS2. The number of hydrogen-bond donors (Lipinski definition) is 1. The molecule has 0 aliphatic carbocycles. The van der Waals surface area contributed by atoms with Gasteiger partial charge in [0.2, 0.25) is 0 Å². The van der Waals surface area contributed by atoms with Crippen LogP contribution in [0.4, 0.5) is 5.69 Å². The summed E-state index contributed by atoms with van der Waals surface area (Å²) in [7, 11) is 2.11. The van der Waals surface area contributed by atoms with E-state index in [1.54, 1.807) is 4.90 Å². The molecule has 2 heterocycles. The third-order valence-corrected chi connectivity index (χ3v) is 5.02. The number of carbonyl (C=O) groups is 1. The zero-order valence-electron chi connectivity index (χ0n) is 12.0. The number of likely N-dealkylation sites (N-methyl/N-ethyl adjacent to an activating group) is 1. The van der Waals surface area contributed by atoms with Crippen molar-refractivity contribution in [1.29, 1.82) is 0 Å². The monoisotopic (exact) mass is 319 g/mol. The fraction of sp³-hybridized carbons (Fsp3) is 0.333. The van der Waals surface area contributed by atoms with E-state index in [4.69, 9.17) is 12.2 Å². The van der Waals surface area contributed by atoms with E-state index in [2.05, 4.69) is 29.4 Å². The van der Waals surface area contributed by atoms with Crippen LogP contribution in [0.2, 0.25) is 0 Å². The highest BCUT2D eigenvalue weighted by molar-refractivity contribution is 7.99. The van der Waals surface area contributed by atoms with E-state index in [1.165, 1.54) is 10.6 Å². The molecule has 0 bridgehead atoms. The van der Waals surface area contributed by atoms with Gasteiger partial charge >= 0.3 is 0 Å². The highest BCUT2D eigenvalue weighted by atomic mass is 32.2. The molecule has 3 rings (SSSR count). The summed E-state index contributed by atoms with van der Waals surface area (Å²) >= 11 is 7.02. The largest absolute Gasteiger partial charge is 0.373 e. The summed E-state index contributed by atoms with van der Waals surface area (Å²) in [5.41, 5.74) is 2.83. The van der Waals surface area contributed by atoms with Crippen LogP contribution in [-0.2, 0) is 4.79 Å². The van der Waals surface area contributed by atoms with Crippen LogP contribution >= 0.6 is 24.0 Å². The first kappa shape index (κ1) is 14.4. The molecule has 110 valence electrons. The molecule has 1 aromatic rings. The summed E-state index contributed by atoms with van der Waals surface area (Å²) < 4.78 is 0. The Morgan fingerprint density at radius 3 is 3.00 bits per heavy atom. The number of rotatable bonds is 2. The SMILES string of the molecule is CCN1C(=O)/C(=C/c2ccc3c(c2)SCCN3C)NC1=S. The number of nitrogens with zero attached hydrogens (tertiary/aromatic N) is 2. The van der Waals surface area contributed by atoms with Gasteiger partial charge in [0, 0.05) is 30.8 Å². The van der Waals surface area contributed by atoms with Crippen molar-refractivity contribution in [2.45, 2.75) is 11.8 Å². The number of thiocarbonyl (C=S) groups is 1. The number of thioether (sulfide) groups is 1.